The molecule has 0 bridgehead atoms. The first-order valence-electron chi connectivity index (χ1n) is 9.19. The lowest BCUT2D eigenvalue weighted by Crippen LogP contribution is -2.22. The summed E-state index contributed by atoms with van der Waals surface area (Å²) in [6.07, 6.45) is -4.94. The summed E-state index contributed by atoms with van der Waals surface area (Å²) in [5.41, 5.74) is -1.25. The normalized spacial score (nSPS) is 11.4. The second-order valence-corrected chi connectivity index (χ2v) is 6.35. The molecule has 0 saturated carbocycles. The van der Waals surface area contributed by atoms with Gasteiger partial charge < -0.3 is 10.2 Å². The van der Waals surface area contributed by atoms with Crippen LogP contribution < -0.4 is 10.2 Å². The molecule has 1 heterocycles. The second kappa shape index (κ2) is 8.52. The quantitative estimate of drug-likeness (QED) is 0.595. The number of alkyl halides is 3. The first kappa shape index (κ1) is 21.3. The van der Waals surface area contributed by atoms with Crippen molar-refractivity contribution in [3.63, 3.8) is 0 Å². The summed E-state index contributed by atoms with van der Waals surface area (Å²) in [5.74, 6) is -1.81. The molecule has 6 nitrogen and oxygen atoms in total. The molecule has 1 amide bonds. The van der Waals surface area contributed by atoms with E-state index in [1.54, 1.807) is 24.3 Å². The molecule has 158 valence electrons. The van der Waals surface area contributed by atoms with Crippen molar-refractivity contribution in [1.29, 1.82) is 0 Å². The highest BCUT2D eigenvalue weighted by atomic mass is 19.4. The van der Waals surface area contributed by atoms with Gasteiger partial charge in [-0.05, 0) is 56.3 Å². The molecule has 3 aromatic rings. The minimum absolute atomic E-state index is 0.197. The Bertz CT molecular complexity index is 1030. The summed E-state index contributed by atoms with van der Waals surface area (Å²) in [7, 11) is 0. The van der Waals surface area contributed by atoms with E-state index < -0.39 is 29.3 Å². The van der Waals surface area contributed by atoms with Gasteiger partial charge in [0.05, 0.1) is 5.69 Å². The number of nitrogens with one attached hydrogen (secondary N) is 1. The van der Waals surface area contributed by atoms with Crippen LogP contribution in [0.2, 0.25) is 0 Å². The Labute approximate surface area is 170 Å². The molecule has 10 heteroatoms. The van der Waals surface area contributed by atoms with Crippen LogP contribution in [-0.4, -0.2) is 34.0 Å². The molecule has 30 heavy (non-hydrogen) atoms. The molecule has 0 fully saturated rings. The van der Waals surface area contributed by atoms with Crippen molar-refractivity contribution in [3.8, 4) is 5.69 Å². The van der Waals surface area contributed by atoms with Crippen LogP contribution in [0.1, 0.15) is 30.0 Å². The lowest BCUT2D eigenvalue weighted by molar-refractivity contribution is -0.143. The predicted molar refractivity (Wildman–Crippen MR) is 104 cm³/mol. The summed E-state index contributed by atoms with van der Waals surface area (Å²) in [5, 5.41) is 9.24. The summed E-state index contributed by atoms with van der Waals surface area (Å²) in [6, 6.07) is 11.1. The van der Waals surface area contributed by atoms with Crippen LogP contribution >= 0.6 is 0 Å². The number of carbonyl (C=O) groups is 1. The molecule has 1 N–H and O–H groups in total. The van der Waals surface area contributed by atoms with Gasteiger partial charge in [0.15, 0.2) is 11.4 Å². The predicted octanol–water partition coefficient (Wildman–Crippen LogP) is 4.52. The number of aromatic nitrogens is 3. The molecular formula is C20H19F4N5O. The summed E-state index contributed by atoms with van der Waals surface area (Å²) >= 11 is 0. The molecule has 2 aromatic carbocycles. The number of nitrogens with zero attached hydrogens (tertiary/aromatic N) is 4. The largest absolute Gasteiger partial charge is 0.435 e. The first-order valence-corrected chi connectivity index (χ1v) is 9.19. The topological polar surface area (TPSA) is 63.1 Å². The Morgan fingerprint density at radius 1 is 1.10 bits per heavy atom. The van der Waals surface area contributed by atoms with E-state index in [1.807, 2.05) is 13.8 Å². The fourth-order valence-electron chi connectivity index (χ4n) is 3.01. The number of rotatable bonds is 6. The van der Waals surface area contributed by atoms with Crippen LogP contribution in [-0.2, 0) is 6.18 Å². The van der Waals surface area contributed by atoms with Crippen LogP contribution in [0.4, 0.5) is 28.9 Å². The lowest BCUT2D eigenvalue weighted by atomic mass is 10.2. The van der Waals surface area contributed by atoms with Crippen molar-refractivity contribution in [2.75, 3.05) is 23.3 Å². The van der Waals surface area contributed by atoms with E-state index in [9.17, 15) is 22.4 Å². The van der Waals surface area contributed by atoms with E-state index in [4.69, 9.17) is 0 Å². The number of carbonyl (C=O) groups excluding carboxylic acids is 1. The smallest absolute Gasteiger partial charge is 0.372 e. The first-order chi connectivity index (χ1) is 14.2. The molecule has 0 atom stereocenters. The SMILES string of the molecule is CCN(CC)c1ccc(NC(=O)c2nnn(-c3cccc(F)c3)c2C(F)(F)F)cc1. The average Bonchev–Trinajstić information content (AvgIpc) is 3.16. The number of halogens is 4. The highest BCUT2D eigenvalue weighted by Gasteiger charge is 2.42. The molecular weight excluding hydrogens is 402 g/mol. The van der Waals surface area contributed by atoms with E-state index in [1.165, 1.54) is 12.1 Å². The number of hydrogen-bond acceptors (Lipinski definition) is 4. The van der Waals surface area contributed by atoms with Crippen LogP contribution in [0.25, 0.3) is 5.69 Å². The van der Waals surface area contributed by atoms with E-state index in [-0.39, 0.29) is 5.69 Å². The van der Waals surface area contributed by atoms with Gasteiger partial charge in [-0.15, -0.1) is 5.10 Å². The third kappa shape index (κ3) is 4.42. The Balaban J connectivity index is 1.91. The highest BCUT2D eigenvalue weighted by Crippen LogP contribution is 2.33. The molecule has 0 saturated heterocycles. The van der Waals surface area contributed by atoms with Gasteiger partial charge in [-0.2, -0.15) is 13.2 Å². The molecule has 1 aromatic heterocycles. The van der Waals surface area contributed by atoms with Crippen molar-refractivity contribution in [2.45, 2.75) is 20.0 Å². The molecule has 0 spiro atoms. The van der Waals surface area contributed by atoms with Gasteiger partial charge in [0.25, 0.3) is 5.91 Å². The third-order valence-electron chi connectivity index (χ3n) is 4.46. The van der Waals surface area contributed by atoms with Crippen molar-refractivity contribution in [2.24, 2.45) is 0 Å². The highest BCUT2D eigenvalue weighted by molar-refractivity contribution is 6.03. The Morgan fingerprint density at radius 2 is 1.77 bits per heavy atom. The Morgan fingerprint density at radius 3 is 2.33 bits per heavy atom. The van der Waals surface area contributed by atoms with Gasteiger partial charge >= 0.3 is 6.18 Å². The standard InChI is InChI=1S/C20H19F4N5O/c1-3-28(4-2)15-10-8-14(9-11-15)25-19(30)17-18(20(22,23)24)29(27-26-17)16-7-5-6-13(21)12-16/h5-12H,3-4H2,1-2H3,(H,25,30). The van der Waals surface area contributed by atoms with E-state index >= 15 is 0 Å². The van der Waals surface area contributed by atoms with Crippen molar-refractivity contribution in [1.82, 2.24) is 15.0 Å². The molecule has 0 aliphatic rings. The lowest BCUT2D eigenvalue weighted by Gasteiger charge is -2.21. The van der Waals surface area contributed by atoms with Gasteiger partial charge in [0, 0.05) is 24.5 Å². The third-order valence-corrected chi connectivity index (χ3v) is 4.46. The van der Waals surface area contributed by atoms with Gasteiger partial charge in [-0.25, -0.2) is 9.07 Å². The second-order valence-electron chi connectivity index (χ2n) is 6.35. The van der Waals surface area contributed by atoms with Crippen LogP contribution in [0, 0.1) is 5.82 Å². The van der Waals surface area contributed by atoms with Crippen molar-refractivity contribution in [3.05, 3.63) is 65.7 Å². The van der Waals surface area contributed by atoms with Gasteiger partial charge in [0.1, 0.15) is 5.82 Å². The minimum atomic E-state index is -4.94. The summed E-state index contributed by atoms with van der Waals surface area (Å²) < 4.78 is 54.9. The fraction of sp³-hybridized carbons (Fsp3) is 0.250. The Hall–Kier alpha value is -3.43. The average molecular weight is 421 g/mol. The zero-order chi connectivity index (χ0) is 21.9. The van der Waals surface area contributed by atoms with E-state index in [0.717, 1.165) is 30.9 Å². The zero-order valence-electron chi connectivity index (χ0n) is 16.2. The maximum atomic E-state index is 13.7. The maximum Gasteiger partial charge on any atom is 0.435 e. The molecule has 0 radical (unpaired) electrons. The minimum Gasteiger partial charge on any atom is -0.372 e. The summed E-state index contributed by atoms with van der Waals surface area (Å²) in [4.78, 5) is 14.6. The van der Waals surface area contributed by atoms with Crippen LogP contribution in [0.15, 0.2) is 48.5 Å². The number of amides is 1. The zero-order valence-corrected chi connectivity index (χ0v) is 16.2. The molecule has 0 unspecified atom stereocenters. The number of anilines is 2. The number of benzene rings is 2. The molecule has 3 rings (SSSR count). The van der Waals surface area contributed by atoms with Gasteiger partial charge in [-0.3, -0.25) is 4.79 Å². The molecule has 0 aliphatic heterocycles. The van der Waals surface area contributed by atoms with Crippen LogP contribution in [0.5, 0.6) is 0 Å². The Kier molecular flexibility index (Phi) is 6.04. The van der Waals surface area contributed by atoms with Crippen LogP contribution in [0.3, 0.4) is 0 Å². The molecule has 0 aliphatic carbocycles. The van der Waals surface area contributed by atoms with E-state index in [2.05, 4.69) is 20.5 Å². The van der Waals surface area contributed by atoms with Crippen molar-refractivity contribution < 1.29 is 22.4 Å². The maximum absolute atomic E-state index is 13.7. The van der Waals surface area contributed by atoms with Gasteiger partial charge in [0.2, 0.25) is 0 Å². The summed E-state index contributed by atoms with van der Waals surface area (Å²) in [6.45, 7) is 5.58. The monoisotopic (exact) mass is 421 g/mol. The fourth-order valence-corrected chi connectivity index (χ4v) is 3.01. The van der Waals surface area contributed by atoms with E-state index in [0.29, 0.717) is 10.4 Å². The van der Waals surface area contributed by atoms with Gasteiger partial charge in [-0.1, -0.05) is 11.3 Å². The number of hydrogen-bond donors (Lipinski definition) is 1. The van der Waals surface area contributed by atoms with Crippen molar-refractivity contribution >= 4 is 17.3 Å².